The summed E-state index contributed by atoms with van der Waals surface area (Å²) in [5, 5.41) is 5.81. The Kier molecular flexibility index (Phi) is 9.00. The largest absolute Gasteiger partial charge is 0.491 e. The number of anilines is 1. The van der Waals surface area contributed by atoms with Crippen LogP contribution in [0.15, 0.2) is 24.3 Å². The summed E-state index contributed by atoms with van der Waals surface area (Å²) in [5.74, 6) is 1.17. The van der Waals surface area contributed by atoms with Crippen LogP contribution in [-0.2, 0) is 4.79 Å². The predicted molar refractivity (Wildman–Crippen MR) is 81.2 cm³/mol. The quantitative estimate of drug-likeness (QED) is 0.810. The van der Waals surface area contributed by atoms with Crippen LogP contribution >= 0.6 is 12.4 Å². The maximum Gasteiger partial charge on any atom is 0.225 e. The second kappa shape index (κ2) is 9.64. The van der Waals surface area contributed by atoms with Gasteiger partial charge in [0.2, 0.25) is 5.91 Å². The fourth-order valence-corrected chi connectivity index (χ4v) is 1.40. The molecule has 0 aromatic heterocycles. The molecule has 1 amide bonds. The van der Waals surface area contributed by atoms with Gasteiger partial charge in [0.25, 0.3) is 0 Å². The SMILES string of the molecule is CNCCC(=O)Nc1ccccc1OCC(C)C.Cl. The molecule has 0 fully saturated rings. The molecule has 0 atom stereocenters. The number of hydrogen-bond acceptors (Lipinski definition) is 3. The van der Waals surface area contributed by atoms with Crippen molar-refractivity contribution in [1.82, 2.24) is 5.32 Å². The van der Waals surface area contributed by atoms with Crippen molar-refractivity contribution < 1.29 is 9.53 Å². The molecule has 19 heavy (non-hydrogen) atoms. The summed E-state index contributed by atoms with van der Waals surface area (Å²) in [5.41, 5.74) is 0.735. The maximum atomic E-state index is 11.7. The van der Waals surface area contributed by atoms with Gasteiger partial charge in [0.15, 0.2) is 0 Å². The molecular weight excluding hydrogens is 264 g/mol. The zero-order valence-corrected chi connectivity index (χ0v) is 12.5. The molecule has 1 rings (SSSR count). The first-order chi connectivity index (χ1) is 8.63. The van der Waals surface area contributed by atoms with E-state index in [1.54, 1.807) is 0 Å². The molecule has 1 aromatic rings. The highest BCUT2D eigenvalue weighted by atomic mass is 35.5. The summed E-state index contributed by atoms with van der Waals surface area (Å²) in [4.78, 5) is 11.7. The highest BCUT2D eigenvalue weighted by Gasteiger charge is 2.07. The van der Waals surface area contributed by atoms with Crippen molar-refractivity contribution in [2.75, 3.05) is 25.5 Å². The van der Waals surface area contributed by atoms with E-state index in [9.17, 15) is 4.79 Å². The van der Waals surface area contributed by atoms with Crippen molar-refractivity contribution in [3.63, 3.8) is 0 Å². The highest BCUT2D eigenvalue weighted by Crippen LogP contribution is 2.24. The Morgan fingerprint density at radius 2 is 2.00 bits per heavy atom. The summed E-state index contributed by atoms with van der Waals surface area (Å²) < 4.78 is 5.67. The van der Waals surface area contributed by atoms with Crippen LogP contribution in [-0.4, -0.2) is 26.1 Å². The van der Waals surface area contributed by atoms with Gasteiger partial charge in [0.1, 0.15) is 5.75 Å². The van der Waals surface area contributed by atoms with Crippen molar-refractivity contribution in [2.24, 2.45) is 5.92 Å². The third kappa shape index (κ3) is 7.03. The lowest BCUT2D eigenvalue weighted by Crippen LogP contribution is -2.19. The van der Waals surface area contributed by atoms with Crippen molar-refractivity contribution >= 4 is 24.0 Å². The molecular formula is C14H23ClN2O2. The lowest BCUT2D eigenvalue weighted by Gasteiger charge is -2.13. The fraction of sp³-hybridized carbons (Fsp3) is 0.500. The minimum atomic E-state index is -0.00931. The van der Waals surface area contributed by atoms with Gasteiger partial charge < -0.3 is 15.4 Å². The van der Waals surface area contributed by atoms with Crippen molar-refractivity contribution in [2.45, 2.75) is 20.3 Å². The Bertz CT molecular complexity index is 383. The summed E-state index contributed by atoms with van der Waals surface area (Å²) in [6.45, 7) is 5.49. The molecule has 0 saturated carbocycles. The highest BCUT2D eigenvalue weighted by molar-refractivity contribution is 5.92. The Morgan fingerprint density at radius 3 is 2.63 bits per heavy atom. The number of rotatable bonds is 7. The number of benzene rings is 1. The van der Waals surface area contributed by atoms with Crippen LogP contribution in [0.5, 0.6) is 5.75 Å². The predicted octanol–water partition coefficient (Wildman–Crippen LogP) is 2.69. The molecule has 0 aliphatic heterocycles. The summed E-state index contributed by atoms with van der Waals surface area (Å²) in [7, 11) is 1.83. The average Bonchev–Trinajstić information content (AvgIpc) is 2.35. The minimum Gasteiger partial charge on any atom is -0.491 e. The van der Waals surface area contributed by atoms with Crippen molar-refractivity contribution in [3.8, 4) is 5.75 Å². The number of hydrogen-bond donors (Lipinski definition) is 2. The van der Waals surface area contributed by atoms with Crippen LogP contribution in [0.4, 0.5) is 5.69 Å². The van der Waals surface area contributed by atoms with Gasteiger partial charge >= 0.3 is 0 Å². The molecule has 0 saturated heterocycles. The molecule has 0 bridgehead atoms. The zero-order chi connectivity index (χ0) is 13.4. The monoisotopic (exact) mass is 286 g/mol. The lowest BCUT2D eigenvalue weighted by atomic mass is 10.2. The summed E-state index contributed by atoms with van der Waals surface area (Å²) >= 11 is 0. The average molecular weight is 287 g/mol. The summed E-state index contributed by atoms with van der Waals surface area (Å²) in [6.07, 6.45) is 0.453. The van der Waals surface area contributed by atoms with Gasteiger partial charge in [-0.15, -0.1) is 12.4 Å². The van der Waals surface area contributed by atoms with E-state index in [1.165, 1.54) is 0 Å². The number of halogens is 1. The van der Waals surface area contributed by atoms with Gasteiger partial charge in [-0.3, -0.25) is 4.79 Å². The standard InChI is InChI=1S/C14H22N2O2.ClH/c1-11(2)10-18-13-7-5-4-6-12(13)16-14(17)8-9-15-3;/h4-7,11,15H,8-10H2,1-3H3,(H,16,17);1H. The first-order valence-electron chi connectivity index (χ1n) is 6.29. The molecule has 108 valence electrons. The van der Waals surface area contributed by atoms with Crippen molar-refractivity contribution in [1.29, 1.82) is 0 Å². The second-order valence-electron chi connectivity index (χ2n) is 4.60. The second-order valence-corrected chi connectivity index (χ2v) is 4.60. The third-order valence-corrected chi connectivity index (χ3v) is 2.34. The van der Waals surface area contributed by atoms with Gasteiger partial charge in [0.05, 0.1) is 12.3 Å². The van der Waals surface area contributed by atoms with Gasteiger partial charge in [-0.05, 0) is 25.1 Å². The van der Waals surface area contributed by atoms with E-state index in [1.807, 2.05) is 31.3 Å². The third-order valence-electron chi connectivity index (χ3n) is 2.34. The van der Waals surface area contributed by atoms with Crippen LogP contribution < -0.4 is 15.4 Å². The molecule has 0 spiro atoms. The Morgan fingerprint density at radius 1 is 1.32 bits per heavy atom. The topological polar surface area (TPSA) is 50.4 Å². The van der Waals surface area contributed by atoms with Crippen LogP contribution in [0.1, 0.15) is 20.3 Å². The number of para-hydroxylation sites is 2. The van der Waals surface area contributed by atoms with E-state index in [0.29, 0.717) is 25.5 Å². The molecule has 0 aliphatic rings. The number of amides is 1. The Hall–Kier alpha value is -1.26. The van der Waals surface area contributed by atoms with E-state index in [0.717, 1.165) is 11.4 Å². The van der Waals surface area contributed by atoms with Crippen LogP contribution in [0.25, 0.3) is 0 Å². The molecule has 0 unspecified atom stereocenters. The first-order valence-corrected chi connectivity index (χ1v) is 6.29. The van der Waals surface area contributed by atoms with Crippen LogP contribution in [0.2, 0.25) is 0 Å². The van der Waals surface area contributed by atoms with Gasteiger partial charge in [-0.2, -0.15) is 0 Å². The zero-order valence-electron chi connectivity index (χ0n) is 11.7. The number of carbonyl (C=O) groups excluding carboxylic acids is 1. The van der Waals surface area contributed by atoms with E-state index in [4.69, 9.17) is 4.74 Å². The van der Waals surface area contributed by atoms with E-state index >= 15 is 0 Å². The van der Waals surface area contributed by atoms with E-state index in [-0.39, 0.29) is 18.3 Å². The Balaban J connectivity index is 0.00000324. The molecule has 2 N–H and O–H groups in total. The summed E-state index contributed by atoms with van der Waals surface area (Å²) in [6, 6.07) is 7.51. The van der Waals surface area contributed by atoms with Gasteiger partial charge in [-0.1, -0.05) is 26.0 Å². The van der Waals surface area contributed by atoms with Gasteiger partial charge in [0, 0.05) is 13.0 Å². The Labute approximate surface area is 121 Å². The molecule has 0 heterocycles. The molecule has 4 nitrogen and oxygen atoms in total. The molecule has 1 aromatic carbocycles. The first kappa shape index (κ1) is 17.7. The number of ether oxygens (including phenoxy) is 1. The van der Waals surface area contributed by atoms with E-state index < -0.39 is 0 Å². The molecule has 0 aliphatic carbocycles. The molecule has 5 heteroatoms. The minimum absolute atomic E-state index is 0. The maximum absolute atomic E-state index is 11.7. The normalized spacial score (nSPS) is 9.89. The number of nitrogens with one attached hydrogen (secondary N) is 2. The fourth-order valence-electron chi connectivity index (χ4n) is 1.40. The van der Waals surface area contributed by atoms with Crippen LogP contribution in [0.3, 0.4) is 0 Å². The smallest absolute Gasteiger partial charge is 0.225 e. The van der Waals surface area contributed by atoms with Crippen molar-refractivity contribution in [3.05, 3.63) is 24.3 Å². The number of carbonyl (C=O) groups is 1. The lowest BCUT2D eigenvalue weighted by molar-refractivity contribution is -0.116. The van der Waals surface area contributed by atoms with Crippen LogP contribution in [0, 0.1) is 5.92 Å². The van der Waals surface area contributed by atoms with Gasteiger partial charge in [-0.25, -0.2) is 0 Å². The molecule has 0 radical (unpaired) electrons. The van der Waals surface area contributed by atoms with E-state index in [2.05, 4.69) is 24.5 Å².